The normalized spacial score (nSPS) is 23.8. The highest BCUT2D eigenvalue weighted by Crippen LogP contribution is 2.38. The van der Waals surface area contributed by atoms with Crippen LogP contribution in [0, 0.1) is 0 Å². The van der Waals surface area contributed by atoms with E-state index in [1.54, 1.807) is 12.1 Å². The van der Waals surface area contributed by atoms with E-state index < -0.39 is 10.0 Å². The predicted octanol–water partition coefficient (Wildman–Crippen LogP) is 4.71. The number of para-hydroxylation sites is 1. The summed E-state index contributed by atoms with van der Waals surface area (Å²) in [6.07, 6.45) is 8.83. The van der Waals surface area contributed by atoms with Crippen molar-refractivity contribution in [2.24, 2.45) is 0 Å². The Morgan fingerprint density at radius 3 is 2.17 bits per heavy atom. The zero-order chi connectivity index (χ0) is 25.1. The molecule has 0 unspecified atom stereocenters. The Morgan fingerprint density at radius 1 is 0.806 bits per heavy atom. The topological polar surface area (TPSA) is 77.1 Å². The highest BCUT2D eigenvalue weighted by atomic mass is 32.2. The largest absolute Gasteiger partial charge is 0.493 e. The van der Waals surface area contributed by atoms with Crippen LogP contribution in [0.15, 0.2) is 47.4 Å². The van der Waals surface area contributed by atoms with E-state index in [0.717, 1.165) is 57.4 Å². The van der Waals surface area contributed by atoms with Gasteiger partial charge in [-0.2, -0.15) is 0 Å². The van der Waals surface area contributed by atoms with Crippen molar-refractivity contribution in [2.45, 2.75) is 80.4 Å². The number of hydrogen-bond acceptors (Lipinski definition) is 6. The van der Waals surface area contributed by atoms with E-state index >= 15 is 0 Å². The van der Waals surface area contributed by atoms with Gasteiger partial charge < -0.3 is 19.1 Å². The molecule has 0 amide bonds. The molecule has 196 valence electrons. The van der Waals surface area contributed by atoms with E-state index in [-0.39, 0.29) is 10.9 Å². The van der Waals surface area contributed by atoms with Crippen molar-refractivity contribution in [1.82, 2.24) is 9.62 Å². The molecule has 8 heteroatoms. The third-order valence-electron chi connectivity index (χ3n) is 7.91. The Kier molecular flexibility index (Phi) is 7.74. The Balaban J connectivity index is 1.12. The van der Waals surface area contributed by atoms with Crippen molar-refractivity contribution in [3.05, 3.63) is 48.0 Å². The lowest BCUT2D eigenvalue weighted by Gasteiger charge is -2.41. The van der Waals surface area contributed by atoms with Gasteiger partial charge >= 0.3 is 0 Å². The molecular weight excluding hydrogens is 476 g/mol. The van der Waals surface area contributed by atoms with E-state index in [0.29, 0.717) is 29.6 Å². The molecule has 0 bridgehead atoms. The van der Waals surface area contributed by atoms with Crippen LogP contribution in [0.3, 0.4) is 0 Å². The monoisotopic (exact) mass is 514 g/mol. The lowest BCUT2D eigenvalue weighted by Crippen LogP contribution is -2.46. The summed E-state index contributed by atoms with van der Waals surface area (Å²) < 4.78 is 45.6. The van der Waals surface area contributed by atoms with Gasteiger partial charge in [-0.15, -0.1) is 0 Å². The van der Waals surface area contributed by atoms with Gasteiger partial charge in [-0.3, -0.25) is 0 Å². The molecule has 3 aliphatic rings. The lowest BCUT2D eigenvalue weighted by molar-refractivity contribution is 0.115. The van der Waals surface area contributed by atoms with E-state index in [1.165, 1.54) is 38.7 Å². The molecule has 0 radical (unpaired) electrons. The highest BCUT2D eigenvalue weighted by molar-refractivity contribution is 7.89. The van der Waals surface area contributed by atoms with Crippen molar-refractivity contribution in [3.63, 3.8) is 0 Å². The third-order valence-corrected chi connectivity index (χ3v) is 9.42. The number of rotatable bonds is 9. The molecule has 1 saturated heterocycles. The SMILES string of the molecule is COc1ccc(S(=O)(=O)N[C@H]2CC[C@@H](N3CCC(c4ccccc4OC4CC4)CC3)CC2)cc1OC. The highest BCUT2D eigenvalue weighted by Gasteiger charge is 2.32. The average Bonchev–Trinajstić information content (AvgIpc) is 3.73. The first-order chi connectivity index (χ1) is 17.5. The molecular formula is C28H38N2O5S. The fourth-order valence-electron chi connectivity index (χ4n) is 5.70. The van der Waals surface area contributed by atoms with E-state index in [1.807, 2.05) is 0 Å². The van der Waals surface area contributed by atoms with Crippen LogP contribution in [0.2, 0.25) is 0 Å². The average molecular weight is 515 g/mol. The van der Waals surface area contributed by atoms with Crippen molar-refractivity contribution in [3.8, 4) is 17.2 Å². The molecule has 0 atom stereocenters. The first kappa shape index (κ1) is 25.4. The smallest absolute Gasteiger partial charge is 0.240 e. The second-order valence-corrected chi connectivity index (χ2v) is 12.0. The summed E-state index contributed by atoms with van der Waals surface area (Å²) in [6.45, 7) is 2.18. The Morgan fingerprint density at radius 2 is 1.50 bits per heavy atom. The van der Waals surface area contributed by atoms with Crippen molar-refractivity contribution in [1.29, 1.82) is 0 Å². The zero-order valence-corrected chi connectivity index (χ0v) is 22.1. The number of likely N-dealkylation sites (tertiary alicyclic amines) is 1. The summed E-state index contributed by atoms with van der Waals surface area (Å²) in [4.78, 5) is 2.83. The Bertz CT molecular complexity index is 1130. The van der Waals surface area contributed by atoms with Gasteiger partial charge in [-0.05, 0) is 94.1 Å². The number of sulfonamides is 1. The maximum absolute atomic E-state index is 13.0. The molecule has 2 aromatic carbocycles. The van der Waals surface area contributed by atoms with Crippen LogP contribution in [-0.2, 0) is 10.0 Å². The van der Waals surface area contributed by atoms with Crippen LogP contribution >= 0.6 is 0 Å². The number of piperidine rings is 1. The molecule has 7 nitrogen and oxygen atoms in total. The maximum atomic E-state index is 13.0. The molecule has 1 aliphatic heterocycles. The summed E-state index contributed by atoms with van der Waals surface area (Å²) in [6, 6.07) is 13.8. The summed E-state index contributed by atoms with van der Waals surface area (Å²) in [7, 11) is -0.575. The van der Waals surface area contributed by atoms with Gasteiger partial charge in [-0.25, -0.2) is 13.1 Å². The van der Waals surface area contributed by atoms with Crippen LogP contribution in [-0.4, -0.2) is 58.8 Å². The standard InChI is InChI=1S/C28H38N2O5S/c1-33-27-14-13-24(19-28(27)34-2)36(31,32)29-21-7-9-22(10-8-21)30-17-15-20(16-18-30)25-5-3-4-6-26(25)35-23-11-12-23/h3-6,13-14,19-23,29H,7-12,15-18H2,1-2H3/t21-,22+. The van der Waals surface area contributed by atoms with E-state index in [4.69, 9.17) is 14.2 Å². The Labute approximate surface area is 215 Å². The van der Waals surface area contributed by atoms with Gasteiger partial charge in [0.25, 0.3) is 0 Å². The molecule has 3 fully saturated rings. The van der Waals surface area contributed by atoms with Crippen LogP contribution in [0.25, 0.3) is 0 Å². The lowest BCUT2D eigenvalue weighted by atomic mass is 9.85. The van der Waals surface area contributed by atoms with Gasteiger partial charge in [0.2, 0.25) is 10.0 Å². The molecule has 1 N–H and O–H groups in total. The molecule has 2 aliphatic carbocycles. The summed E-state index contributed by atoms with van der Waals surface area (Å²) in [5.41, 5.74) is 1.37. The first-order valence-electron chi connectivity index (χ1n) is 13.2. The molecule has 2 aromatic rings. The molecule has 2 saturated carbocycles. The quantitative estimate of drug-likeness (QED) is 0.522. The van der Waals surface area contributed by atoms with Gasteiger partial charge in [0, 0.05) is 18.2 Å². The maximum Gasteiger partial charge on any atom is 0.240 e. The third kappa shape index (κ3) is 5.82. The van der Waals surface area contributed by atoms with Crippen LogP contribution in [0.1, 0.15) is 62.8 Å². The van der Waals surface area contributed by atoms with Crippen LogP contribution in [0.5, 0.6) is 17.2 Å². The van der Waals surface area contributed by atoms with E-state index in [2.05, 4.69) is 33.9 Å². The summed E-state index contributed by atoms with van der Waals surface area (Å²) in [5.74, 6) is 2.57. The molecule has 1 heterocycles. The molecule has 0 spiro atoms. The number of ether oxygens (including phenoxy) is 3. The van der Waals surface area contributed by atoms with Gasteiger partial charge in [0.1, 0.15) is 5.75 Å². The number of nitrogens with zero attached hydrogens (tertiary/aromatic N) is 1. The number of benzene rings is 2. The molecule has 5 rings (SSSR count). The molecule has 36 heavy (non-hydrogen) atoms. The predicted molar refractivity (Wildman–Crippen MR) is 140 cm³/mol. The number of hydrogen-bond donors (Lipinski definition) is 1. The first-order valence-corrected chi connectivity index (χ1v) is 14.7. The van der Waals surface area contributed by atoms with Crippen molar-refractivity contribution >= 4 is 10.0 Å². The van der Waals surface area contributed by atoms with Crippen LogP contribution in [0.4, 0.5) is 0 Å². The zero-order valence-electron chi connectivity index (χ0n) is 21.3. The molecule has 0 aromatic heterocycles. The van der Waals surface area contributed by atoms with Gasteiger partial charge in [0.05, 0.1) is 25.2 Å². The van der Waals surface area contributed by atoms with Crippen molar-refractivity contribution < 1.29 is 22.6 Å². The number of nitrogens with one attached hydrogen (secondary N) is 1. The summed E-state index contributed by atoms with van der Waals surface area (Å²) >= 11 is 0. The van der Waals surface area contributed by atoms with Crippen LogP contribution < -0.4 is 18.9 Å². The minimum atomic E-state index is -3.62. The second-order valence-electron chi connectivity index (χ2n) is 10.3. The van der Waals surface area contributed by atoms with E-state index in [9.17, 15) is 8.42 Å². The second kappa shape index (κ2) is 11.0. The van der Waals surface area contributed by atoms with Gasteiger partial charge in [0.15, 0.2) is 11.5 Å². The summed E-state index contributed by atoms with van der Waals surface area (Å²) in [5, 5.41) is 0. The Hall–Kier alpha value is -2.29. The minimum absolute atomic E-state index is 0.0386. The fourth-order valence-corrected chi connectivity index (χ4v) is 7.02. The van der Waals surface area contributed by atoms with Crippen molar-refractivity contribution in [2.75, 3.05) is 27.3 Å². The minimum Gasteiger partial charge on any atom is -0.493 e. The van der Waals surface area contributed by atoms with Gasteiger partial charge in [-0.1, -0.05) is 18.2 Å². The number of methoxy groups -OCH3 is 2. The fraction of sp³-hybridized carbons (Fsp3) is 0.571.